The molecule has 1 aromatic heterocycles. The van der Waals surface area contributed by atoms with E-state index >= 15 is 0 Å². The van der Waals surface area contributed by atoms with Gasteiger partial charge in [-0.1, -0.05) is 19.1 Å². The first-order valence-electron chi connectivity index (χ1n) is 4.49. The summed E-state index contributed by atoms with van der Waals surface area (Å²) in [4.78, 5) is 2.36. The van der Waals surface area contributed by atoms with Crippen LogP contribution in [0.1, 0.15) is 18.9 Å². The van der Waals surface area contributed by atoms with Crippen molar-refractivity contribution in [1.29, 1.82) is 0 Å². The summed E-state index contributed by atoms with van der Waals surface area (Å²) in [7, 11) is 1.95. The Bertz CT molecular complexity index is 326. The topological polar surface area (TPSA) is 55.0 Å². The van der Waals surface area contributed by atoms with E-state index < -0.39 is 0 Å². The molecule has 0 unspecified atom stereocenters. The fourth-order valence-electron chi connectivity index (χ4n) is 1.24. The second-order valence-corrected chi connectivity index (χ2v) is 3.49. The molecule has 1 heterocycles. The van der Waals surface area contributed by atoms with Crippen LogP contribution < -0.4 is 10.6 Å². The van der Waals surface area contributed by atoms with Gasteiger partial charge in [-0.15, -0.1) is 5.10 Å². The van der Waals surface area contributed by atoms with Gasteiger partial charge in [0, 0.05) is 13.6 Å². The molecule has 0 aromatic carbocycles. The summed E-state index contributed by atoms with van der Waals surface area (Å²) in [5.41, 5.74) is 6.37. The van der Waals surface area contributed by atoms with Crippen LogP contribution >= 0.6 is 12.2 Å². The van der Waals surface area contributed by atoms with E-state index in [-0.39, 0.29) is 0 Å². The standard InChI is InChI=1S/C9H14N4S/c1-3-6-13(2)9-7(8(10)14)4-5-11-12-9/h4-5H,3,6H2,1-2H3,(H2,10,14). The van der Waals surface area contributed by atoms with E-state index in [9.17, 15) is 0 Å². The van der Waals surface area contributed by atoms with Crippen molar-refractivity contribution >= 4 is 23.0 Å². The molecule has 0 aliphatic carbocycles. The zero-order chi connectivity index (χ0) is 10.6. The van der Waals surface area contributed by atoms with Crippen molar-refractivity contribution in [1.82, 2.24) is 10.2 Å². The van der Waals surface area contributed by atoms with Crippen LogP contribution in [0.4, 0.5) is 5.82 Å². The molecule has 0 radical (unpaired) electrons. The Labute approximate surface area is 89.1 Å². The van der Waals surface area contributed by atoms with E-state index in [4.69, 9.17) is 18.0 Å². The lowest BCUT2D eigenvalue weighted by molar-refractivity contribution is 0.820. The van der Waals surface area contributed by atoms with Gasteiger partial charge in [0.05, 0.1) is 11.8 Å². The van der Waals surface area contributed by atoms with Gasteiger partial charge in [-0.05, 0) is 12.5 Å². The molecular formula is C9H14N4S. The lowest BCUT2D eigenvalue weighted by atomic mass is 10.2. The lowest BCUT2D eigenvalue weighted by Crippen LogP contribution is -2.24. The van der Waals surface area contributed by atoms with Gasteiger partial charge >= 0.3 is 0 Å². The molecule has 4 nitrogen and oxygen atoms in total. The predicted octanol–water partition coefficient (Wildman–Crippen LogP) is 0.957. The van der Waals surface area contributed by atoms with Gasteiger partial charge in [0.1, 0.15) is 4.99 Å². The normalized spacial score (nSPS) is 9.86. The maximum absolute atomic E-state index is 5.59. The molecule has 1 aromatic rings. The molecule has 0 atom stereocenters. The zero-order valence-corrected chi connectivity index (χ0v) is 9.21. The van der Waals surface area contributed by atoms with E-state index in [1.807, 2.05) is 11.9 Å². The Morgan fingerprint density at radius 3 is 2.93 bits per heavy atom. The maximum Gasteiger partial charge on any atom is 0.161 e. The highest BCUT2D eigenvalue weighted by molar-refractivity contribution is 7.80. The summed E-state index contributed by atoms with van der Waals surface area (Å²) in [5.74, 6) is 0.752. The second-order valence-electron chi connectivity index (χ2n) is 3.05. The van der Waals surface area contributed by atoms with Gasteiger partial charge in [0.15, 0.2) is 5.82 Å². The molecule has 14 heavy (non-hydrogen) atoms. The first-order valence-corrected chi connectivity index (χ1v) is 4.90. The number of rotatable bonds is 4. The van der Waals surface area contributed by atoms with E-state index in [1.165, 1.54) is 0 Å². The first-order chi connectivity index (χ1) is 6.66. The van der Waals surface area contributed by atoms with Crippen LogP contribution in [0.5, 0.6) is 0 Å². The first kappa shape index (κ1) is 10.8. The largest absolute Gasteiger partial charge is 0.389 e. The molecular weight excluding hydrogens is 196 g/mol. The Morgan fingerprint density at radius 1 is 1.64 bits per heavy atom. The molecule has 0 spiro atoms. The van der Waals surface area contributed by atoms with Crippen molar-refractivity contribution in [3.63, 3.8) is 0 Å². The van der Waals surface area contributed by atoms with E-state index in [1.54, 1.807) is 12.3 Å². The fraction of sp³-hybridized carbons (Fsp3) is 0.444. The van der Waals surface area contributed by atoms with Crippen LogP contribution in [0.3, 0.4) is 0 Å². The van der Waals surface area contributed by atoms with Crippen molar-refractivity contribution in [2.75, 3.05) is 18.5 Å². The van der Waals surface area contributed by atoms with Crippen LogP contribution in [0.25, 0.3) is 0 Å². The number of aromatic nitrogens is 2. The van der Waals surface area contributed by atoms with E-state index in [0.29, 0.717) is 4.99 Å². The highest BCUT2D eigenvalue weighted by atomic mass is 32.1. The van der Waals surface area contributed by atoms with Gasteiger partial charge in [-0.3, -0.25) is 0 Å². The summed E-state index contributed by atoms with van der Waals surface area (Å²) in [6.45, 7) is 3.02. The van der Waals surface area contributed by atoms with Crippen molar-refractivity contribution < 1.29 is 0 Å². The van der Waals surface area contributed by atoms with Crippen LogP contribution in [0, 0.1) is 0 Å². The number of anilines is 1. The molecule has 0 bridgehead atoms. The molecule has 0 saturated heterocycles. The lowest BCUT2D eigenvalue weighted by Gasteiger charge is -2.18. The summed E-state index contributed by atoms with van der Waals surface area (Å²) < 4.78 is 0. The summed E-state index contributed by atoms with van der Waals surface area (Å²) >= 11 is 4.94. The molecule has 2 N–H and O–H groups in total. The fourth-order valence-corrected chi connectivity index (χ4v) is 1.40. The monoisotopic (exact) mass is 210 g/mol. The molecule has 0 saturated carbocycles. The minimum Gasteiger partial charge on any atom is -0.389 e. The van der Waals surface area contributed by atoms with Crippen molar-refractivity contribution in [3.05, 3.63) is 17.8 Å². The van der Waals surface area contributed by atoms with Crippen LogP contribution in [-0.4, -0.2) is 28.8 Å². The Morgan fingerprint density at radius 2 is 2.36 bits per heavy atom. The zero-order valence-electron chi connectivity index (χ0n) is 8.40. The third-order valence-corrected chi connectivity index (χ3v) is 2.11. The Balaban J connectivity index is 3.00. The average Bonchev–Trinajstić information content (AvgIpc) is 2.18. The predicted molar refractivity (Wildman–Crippen MR) is 61.5 cm³/mol. The van der Waals surface area contributed by atoms with Crippen molar-refractivity contribution in [3.8, 4) is 0 Å². The highest BCUT2D eigenvalue weighted by Gasteiger charge is 2.10. The number of hydrogen-bond donors (Lipinski definition) is 1. The Hall–Kier alpha value is -1.23. The van der Waals surface area contributed by atoms with Crippen LogP contribution in [0.15, 0.2) is 12.3 Å². The number of thiocarbonyl (C=S) groups is 1. The third-order valence-electron chi connectivity index (χ3n) is 1.89. The number of nitrogens with two attached hydrogens (primary N) is 1. The van der Waals surface area contributed by atoms with E-state index in [2.05, 4.69) is 17.1 Å². The number of nitrogens with zero attached hydrogens (tertiary/aromatic N) is 3. The molecule has 0 aliphatic heterocycles. The molecule has 5 heteroatoms. The molecule has 0 amide bonds. The third kappa shape index (κ3) is 2.38. The second kappa shape index (κ2) is 4.85. The van der Waals surface area contributed by atoms with Crippen LogP contribution in [0.2, 0.25) is 0 Å². The van der Waals surface area contributed by atoms with Crippen molar-refractivity contribution in [2.24, 2.45) is 5.73 Å². The smallest absolute Gasteiger partial charge is 0.161 e. The molecule has 76 valence electrons. The van der Waals surface area contributed by atoms with E-state index in [0.717, 1.165) is 24.3 Å². The summed E-state index contributed by atoms with van der Waals surface area (Å²) in [6, 6.07) is 1.79. The average molecular weight is 210 g/mol. The minimum absolute atomic E-state index is 0.359. The van der Waals surface area contributed by atoms with Crippen LogP contribution in [-0.2, 0) is 0 Å². The summed E-state index contributed by atoms with van der Waals surface area (Å²) in [5, 5.41) is 7.85. The molecule has 1 rings (SSSR count). The maximum atomic E-state index is 5.59. The Kier molecular flexibility index (Phi) is 3.76. The quantitative estimate of drug-likeness (QED) is 0.750. The van der Waals surface area contributed by atoms with Crippen molar-refractivity contribution in [2.45, 2.75) is 13.3 Å². The highest BCUT2D eigenvalue weighted by Crippen LogP contribution is 2.14. The van der Waals surface area contributed by atoms with Gasteiger partial charge < -0.3 is 10.6 Å². The van der Waals surface area contributed by atoms with Gasteiger partial charge in [0.2, 0.25) is 0 Å². The minimum atomic E-state index is 0.359. The number of hydrogen-bond acceptors (Lipinski definition) is 4. The van der Waals surface area contributed by atoms with Gasteiger partial charge in [0.25, 0.3) is 0 Å². The summed E-state index contributed by atoms with van der Waals surface area (Å²) in [6.07, 6.45) is 2.64. The van der Waals surface area contributed by atoms with Gasteiger partial charge in [-0.25, -0.2) is 0 Å². The molecule has 0 aliphatic rings. The van der Waals surface area contributed by atoms with Gasteiger partial charge in [-0.2, -0.15) is 5.10 Å². The SMILES string of the molecule is CCCN(C)c1nnccc1C(N)=S. The molecule has 0 fully saturated rings.